The van der Waals surface area contributed by atoms with Crippen molar-refractivity contribution >= 4 is 32.6 Å². The molecule has 3 aromatic rings. The zero-order chi connectivity index (χ0) is 26.2. The normalized spacial score (nSPS) is 17.9. The van der Waals surface area contributed by atoms with Crippen molar-refractivity contribution in [3.05, 3.63) is 58.8 Å². The third kappa shape index (κ3) is 5.21. The number of sulfonamides is 1. The standard InChI is InChI=1S/C30H38N2O4S/c1-20-18-27-22(3)29(36-28(27)19-21(20)2)30(33)31-23-14-16-26(17-15-23)37(34,35)32(24-10-6-4-7-11-24)25-12-8-5-9-13-25/h14-19,24-25H,4-13H2,1-3H3,(H,31,33). The molecule has 37 heavy (non-hydrogen) atoms. The number of benzene rings is 2. The third-order valence-corrected chi connectivity index (χ3v) is 10.3. The molecule has 2 aromatic carbocycles. The van der Waals surface area contributed by atoms with Gasteiger partial charge in [-0.15, -0.1) is 0 Å². The Morgan fingerprint density at radius 3 is 1.95 bits per heavy atom. The summed E-state index contributed by atoms with van der Waals surface area (Å²) in [7, 11) is -3.63. The number of aryl methyl sites for hydroxylation is 3. The van der Waals surface area contributed by atoms with Crippen LogP contribution in [-0.2, 0) is 10.0 Å². The first-order valence-corrected chi connectivity index (χ1v) is 15.1. The summed E-state index contributed by atoms with van der Waals surface area (Å²) >= 11 is 0. The first-order chi connectivity index (χ1) is 17.8. The van der Waals surface area contributed by atoms with Gasteiger partial charge in [-0.25, -0.2) is 8.42 Å². The largest absolute Gasteiger partial charge is 0.451 e. The summed E-state index contributed by atoms with van der Waals surface area (Å²) in [5.74, 6) is -0.0666. The second-order valence-corrected chi connectivity index (χ2v) is 12.7. The van der Waals surface area contributed by atoms with Gasteiger partial charge in [0, 0.05) is 28.7 Å². The van der Waals surface area contributed by atoms with Gasteiger partial charge in [0.2, 0.25) is 10.0 Å². The fourth-order valence-corrected chi connectivity index (χ4v) is 8.00. The molecule has 1 aromatic heterocycles. The highest BCUT2D eigenvalue weighted by Crippen LogP contribution is 2.35. The SMILES string of the molecule is Cc1cc2oc(C(=O)Nc3ccc(S(=O)(=O)N(C4CCCCC4)C4CCCCC4)cc3)c(C)c2cc1C. The van der Waals surface area contributed by atoms with E-state index in [1.807, 2.05) is 37.2 Å². The molecule has 0 unspecified atom stereocenters. The lowest BCUT2D eigenvalue weighted by Crippen LogP contribution is -2.48. The van der Waals surface area contributed by atoms with E-state index in [-0.39, 0.29) is 23.8 Å². The minimum Gasteiger partial charge on any atom is -0.451 e. The van der Waals surface area contributed by atoms with Gasteiger partial charge in [0.1, 0.15) is 5.58 Å². The lowest BCUT2D eigenvalue weighted by molar-refractivity contribution is 0.0998. The number of nitrogens with zero attached hydrogens (tertiary/aromatic N) is 1. The topological polar surface area (TPSA) is 79.6 Å². The molecule has 1 heterocycles. The average molecular weight is 523 g/mol. The van der Waals surface area contributed by atoms with Crippen molar-refractivity contribution in [3.63, 3.8) is 0 Å². The summed E-state index contributed by atoms with van der Waals surface area (Å²) in [4.78, 5) is 13.3. The maximum absolute atomic E-state index is 13.9. The van der Waals surface area contributed by atoms with Crippen LogP contribution in [0.15, 0.2) is 45.7 Å². The van der Waals surface area contributed by atoms with Crippen LogP contribution in [0.25, 0.3) is 11.0 Å². The predicted octanol–water partition coefficient (Wildman–Crippen LogP) is 7.27. The molecule has 0 bridgehead atoms. The number of rotatable bonds is 6. The average Bonchev–Trinajstić information content (AvgIpc) is 3.21. The van der Waals surface area contributed by atoms with Gasteiger partial charge in [-0.3, -0.25) is 4.79 Å². The summed E-state index contributed by atoms with van der Waals surface area (Å²) in [6, 6.07) is 10.8. The quantitative estimate of drug-likeness (QED) is 0.369. The maximum Gasteiger partial charge on any atom is 0.291 e. The van der Waals surface area contributed by atoms with E-state index in [0.29, 0.717) is 16.2 Å². The van der Waals surface area contributed by atoms with Crippen LogP contribution in [0.5, 0.6) is 0 Å². The van der Waals surface area contributed by atoms with Crippen molar-refractivity contribution in [2.75, 3.05) is 5.32 Å². The number of carbonyl (C=O) groups is 1. The van der Waals surface area contributed by atoms with Gasteiger partial charge < -0.3 is 9.73 Å². The van der Waals surface area contributed by atoms with E-state index in [9.17, 15) is 13.2 Å². The second kappa shape index (κ2) is 10.6. The monoisotopic (exact) mass is 522 g/mol. The first kappa shape index (κ1) is 26.0. The van der Waals surface area contributed by atoms with Crippen molar-refractivity contribution in [1.29, 1.82) is 0 Å². The zero-order valence-corrected chi connectivity index (χ0v) is 23.0. The second-order valence-electron chi connectivity index (χ2n) is 10.9. The van der Waals surface area contributed by atoms with Crippen molar-refractivity contribution in [3.8, 4) is 0 Å². The molecule has 0 radical (unpaired) electrons. The number of nitrogens with one attached hydrogen (secondary N) is 1. The van der Waals surface area contributed by atoms with Gasteiger partial charge >= 0.3 is 0 Å². The lowest BCUT2D eigenvalue weighted by Gasteiger charge is -2.40. The number of furan rings is 1. The molecule has 1 N–H and O–H groups in total. The minimum atomic E-state index is -3.63. The molecule has 198 valence electrons. The number of hydrogen-bond acceptors (Lipinski definition) is 4. The van der Waals surface area contributed by atoms with Crippen LogP contribution < -0.4 is 5.32 Å². The highest BCUT2D eigenvalue weighted by molar-refractivity contribution is 7.89. The van der Waals surface area contributed by atoms with Crippen molar-refractivity contribution in [2.24, 2.45) is 0 Å². The van der Waals surface area contributed by atoms with Crippen LogP contribution in [0.4, 0.5) is 5.69 Å². The minimum absolute atomic E-state index is 0.0876. The molecular formula is C30H38N2O4S. The number of hydrogen-bond donors (Lipinski definition) is 1. The predicted molar refractivity (Wildman–Crippen MR) is 148 cm³/mol. The van der Waals surface area contributed by atoms with Crippen LogP contribution in [0.2, 0.25) is 0 Å². The molecule has 2 fully saturated rings. The number of anilines is 1. The van der Waals surface area contributed by atoms with Crippen LogP contribution >= 0.6 is 0 Å². The van der Waals surface area contributed by atoms with E-state index in [1.165, 1.54) is 12.8 Å². The molecular weight excluding hydrogens is 484 g/mol. The smallest absolute Gasteiger partial charge is 0.291 e. The molecule has 0 aliphatic heterocycles. The zero-order valence-electron chi connectivity index (χ0n) is 22.2. The number of carbonyl (C=O) groups excluding carboxylic acids is 1. The Morgan fingerprint density at radius 1 is 0.838 bits per heavy atom. The summed E-state index contributed by atoms with van der Waals surface area (Å²) in [5, 5.41) is 3.81. The molecule has 2 aliphatic carbocycles. The highest BCUT2D eigenvalue weighted by atomic mass is 32.2. The molecule has 1 amide bonds. The van der Waals surface area contributed by atoms with E-state index < -0.39 is 10.0 Å². The summed E-state index contributed by atoms with van der Waals surface area (Å²) < 4.78 is 35.6. The Hall–Kier alpha value is -2.64. The van der Waals surface area contributed by atoms with Crippen molar-refractivity contribution in [1.82, 2.24) is 4.31 Å². The fourth-order valence-electron chi connectivity index (χ4n) is 6.07. The van der Waals surface area contributed by atoms with Crippen LogP contribution in [0.3, 0.4) is 0 Å². The molecule has 5 rings (SSSR count). The third-order valence-electron chi connectivity index (χ3n) is 8.32. The van der Waals surface area contributed by atoms with Gasteiger partial charge in [0.15, 0.2) is 5.76 Å². The van der Waals surface area contributed by atoms with Gasteiger partial charge in [-0.05, 0) is 94.0 Å². The van der Waals surface area contributed by atoms with Gasteiger partial charge in [0.05, 0.1) is 4.90 Å². The maximum atomic E-state index is 13.9. The summed E-state index contributed by atoms with van der Waals surface area (Å²) in [5.41, 5.74) is 4.29. The highest BCUT2D eigenvalue weighted by Gasteiger charge is 2.38. The van der Waals surface area contributed by atoms with E-state index in [4.69, 9.17) is 4.42 Å². The Morgan fingerprint density at radius 2 is 1.38 bits per heavy atom. The van der Waals surface area contributed by atoms with E-state index >= 15 is 0 Å². The Balaban J connectivity index is 1.37. The Bertz CT molecular complexity index is 1360. The lowest BCUT2D eigenvalue weighted by atomic mass is 9.91. The Labute approximate surface area is 220 Å². The molecule has 2 saturated carbocycles. The van der Waals surface area contributed by atoms with E-state index in [1.54, 1.807) is 24.3 Å². The molecule has 6 nitrogen and oxygen atoms in total. The van der Waals surface area contributed by atoms with Crippen molar-refractivity contribution in [2.45, 2.75) is 102 Å². The van der Waals surface area contributed by atoms with E-state index in [0.717, 1.165) is 73.4 Å². The molecule has 2 aliphatic rings. The number of amides is 1. The molecule has 0 saturated heterocycles. The van der Waals surface area contributed by atoms with Gasteiger partial charge in [-0.1, -0.05) is 38.5 Å². The number of fused-ring (bicyclic) bond motifs is 1. The first-order valence-electron chi connectivity index (χ1n) is 13.7. The Kier molecular flexibility index (Phi) is 7.46. The van der Waals surface area contributed by atoms with Gasteiger partial charge in [-0.2, -0.15) is 4.31 Å². The van der Waals surface area contributed by atoms with Gasteiger partial charge in [0.25, 0.3) is 5.91 Å². The molecule has 0 atom stereocenters. The molecule has 7 heteroatoms. The van der Waals surface area contributed by atoms with E-state index in [2.05, 4.69) is 5.32 Å². The van der Waals surface area contributed by atoms with Crippen LogP contribution in [0, 0.1) is 20.8 Å². The summed E-state index contributed by atoms with van der Waals surface area (Å²) in [6.45, 7) is 5.95. The fraction of sp³-hybridized carbons (Fsp3) is 0.500. The van der Waals surface area contributed by atoms with Crippen LogP contribution in [0.1, 0.15) is 91.5 Å². The van der Waals surface area contributed by atoms with Crippen molar-refractivity contribution < 1.29 is 17.6 Å². The van der Waals surface area contributed by atoms with Crippen LogP contribution in [-0.4, -0.2) is 30.7 Å². The molecule has 0 spiro atoms. The summed E-state index contributed by atoms with van der Waals surface area (Å²) in [6.07, 6.45) is 10.5.